The SMILES string of the molecule is CN1C=C(c2ccc(-c3nc4ccc(Cl)cc4[nH]3)cc2)NC1c1ccccc1Cl. The Balaban J connectivity index is 1.40. The van der Waals surface area contributed by atoms with Crippen molar-refractivity contribution in [3.05, 3.63) is 94.1 Å². The third-order valence-electron chi connectivity index (χ3n) is 5.15. The van der Waals surface area contributed by atoms with Crippen molar-refractivity contribution in [1.29, 1.82) is 0 Å². The molecule has 0 fully saturated rings. The minimum atomic E-state index is 0.0125. The predicted molar refractivity (Wildman–Crippen MR) is 120 cm³/mol. The number of nitrogens with zero attached hydrogens (tertiary/aromatic N) is 2. The number of benzene rings is 3. The van der Waals surface area contributed by atoms with Crippen LogP contribution in [0.1, 0.15) is 17.3 Å². The van der Waals surface area contributed by atoms with E-state index >= 15 is 0 Å². The van der Waals surface area contributed by atoms with E-state index in [4.69, 9.17) is 23.2 Å². The lowest BCUT2D eigenvalue weighted by Gasteiger charge is -2.22. The van der Waals surface area contributed by atoms with Gasteiger partial charge in [0.15, 0.2) is 0 Å². The molecule has 4 nitrogen and oxygen atoms in total. The molecular formula is C23H18Cl2N4. The van der Waals surface area contributed by atoms with E-state index in [-0.39, 0.29) is 6.17 Å². The summed E-state index contributed by atoms with van der Waals surface area (Å²) in [4.78, 5) is 10.1. The van der Waals surface area contributed by atoms with Crippen LogP contribution in [-0.2, 0) is 0 Å². The van der Waals surface area contributed by atoms with E-state index in [1.165, 1.54) is 0 Å². The summed E-state index contributed by atoms with van der Waals surface area (Å²) in [5, 5.41) is 5.02. The second-order valence-corrected chi connectivity index (χ2v) is 7.94. The molecule has 1 atom stereocenters. The van der Waals surface area contributed by atoms with Crippen molar-refractivity contribution < 1.29 is 0 Å². The molecule has 1 aliphatic heterocycles. The lowest BCUT2D eigenvalue weighted by Crippen LogP contribution is -2.24. The smallest absolute Gasteiger partial charge is 0.138 e. The summed E-state index contributed by atoms with van der Waals surface area (Å²) < 4.78 is 0. The van der Waals surface area contributed by atoms with Gasteiger partial charge in [0.1, 0.15) is 12.0 Å². The maximum atomic E-state index is 6.39. The van der Waals surface area contributed by atoms with Crippen molar-refractivity contribution in [2.45, 2.75) is 6.17 Å². The predicted octanol–water partition coefficient (Wildman–Crippen LogP) is 6.07. The second-order valence-electron chi connectivity index (χ2n) is 7.10. The van der Waals surface area contributed by atoms with Crippen LogP contribution >= 0.6 is 23.2 Å². The van der Waals surface area contributed by atoms with Gasteiger partial charge in [-0.2, -0.15) is 0 Å². The van der Waals surface area contributed by atoms with Crippen LogP contribution in [0.4, 0.5) is 0 Å². The maximum absolute atomic E-state index is 6.39. The maximum Gasteiger partial charge on any atom is 0.138 e. The number of halogens is 2. The summed E-state index contributed by atoms with van der Waals surface area (Å²) >= 11 is 12.5. The molecular weight excluding hydrogens is 403 g/mol. The van der Waals surface area contributed by atoms with E-state index in [0.717, 1.165) is 44.3 Å². The minimum Gasteiger partial charge on any atom is -0.360 e. The first-order chi connectivity index (χ1) is 14.1. The van der Waals surface area contributed by atoms with E-state index in [9.17, 15) is 0 Å². The van der Waals surface area contributed by atoms with E-state index in [2.05, 4.69) is 50.7 Å². The molecule has 2 N–H and O–H groups in total. The molecule has 2 heterocycles. The summed E-state index contributed by atoms with van der Waals surface area (Å²) in [6.45, 7) is 0. The Kier molecular flexibility index (Phi) is 4.46. The number of hydrogen-bond donors (Lipinski definition) is 2. The van der Waals surface area contributed by atoms with Gasteiger partial charge < -0.3 is 15.2 Å². The van der Waals surface area contributed by atoms with Crippen LogP contribution in [0.5, 0.6) is 0 Å². The van der Waals surface area contributed by atoms with Crippen molar-refractivity contribution in [2.75, 3.05) is 7.05 Å². The van der Waals surface area contributed by atoms with Crippen molar-refractivity contribution in [2.24, 2.45) is 0 Å². The molecule has 5 rings (SSSR count). The molecule has 0 radical (unpaired) electrons. The quantitative estimate of drug-likeness (QED) is 0.422. The highest BCUT2D eigenvalue weighted by Gasteiger charge is 2.24. The molecule has 0 spiro atoms. The number of H-pyrrole nitrogens is 1. The van der Waals surface area contributed by atoms with Gasteiger partial charge in [-0.1, -0.05) is 65.7 Å². The van der Waals surface area contributed by atoms with Crippen LogP contribution in [0.3, 0.4) is 0 Å². The fourth-order valence-corrected chi connectivity index (χ4v) is 4.05. The molecule has 0 aliphatic carbocycles. The molecule has 0 amide bonds. The largest absolute Gasteiger partial charge is 0.360 e. The van der Waals surface area contributed by atoms with E-state index in [1.54, 1.807) is 0 Å². The van der Waals surface area contributed by atoms with E-state index in [1.807, 2.05) is 49.5 Å². The minimum absolute atomic E-state index is 0.0125. The Bertz CT molecular complexity index is 1230. The number of aromatic amines is 1. The van der Waals surface area contributed by atoms with Crippen LogP contribution in [0, 0.1) is 0 Å². The normalized spacial score (nSPS) is 16.2. The van der Waals surface area contributed by atoms with Gasteiger partial charge in [-0.25, -0.2) is 4.98 Å². The summed E-state index contributed by atoms with van der Waals surface area (Å²) in [7, 11) is 2.04. The standard InChI is InChI=1S/C23H18Cl2N4/c1-29-13-21(28-23(29)17-4-2-3-5-18(17)25)14-6-8-15(9-7-14)22-26-19-11-10-16(24)12-20(19)27-22/h2-13,23,28H,1H3,(H,26,27). The second kappa shape index (κ2) is 7.14. The zero-order valence-electron chi connectivity index (χ0n) is 15.7. The monoisotopic (exact) mass is 420 g/mol. The Morgan fingerprint density at radius 1 is 0.931 bits per heavy atom. The lowest BCUT2D eigenvalue weighted by atomic mass is 10.1. The number of imidazole rings is 1. The van der Waals surface area contributed by atoms with Gasteiger partial charge in [0.2, 0.25) is 0 Å². The molecule has 144 valence electrons. The van der Waals surface area contributed by atoms with Gasteiger partial charge in [-0.05, 0) is 29.8 Å². The summed E-state index contributed by atoms with van der Waals surface area (Å²) in [5.74, 6) is 0.827. The number of aromatic nitrogens is 2. The number of rotatable bonds is 3. The highest BCUT2D eigenvalue weighted by molar-refractivity contribution is 6.31. The third kappa shape index (κ3) is 3.35. The van der Waals surface area contributed by atoms with E-state index < -0.39 is 0 Å². The zero-order valence-corrected chi connectivity index (χ0v) is 17.2. The fourth-order valence-electron chi connectivity index (χ4n) is 3.64. The zero-order chi connectivity index (χ0) is 20.0. The summed E-state index contributed by atoms with van der Waals surface area (Å²) in [5.41, 5.74) is 6.07. The van der Waals surface area contributed by atoms with Crippen LogP contribution in [0.2, 0.25) is 10.0 Å². The third-order valence-corrected chi connectivity index (χ3v) is 5.72. The van der Waals surface area contributed by atoms with Crippen molar-refractivity contribution >= 4 is 39.9 Å². The van der Waals surface area contributed by atoms with Crippen molar-refractivity contribution in [3.8, 4) is 11.4 Å². The number of fused-ring (bicyclic) bond motifs is 1. The molecule has 4 aromatic rings. The van der Waals surface area contributed by atoms with E-state index in [0.29, 0.717) is 5.02 Å². The summed E-state index contributed by atoms with van der Waals surface area (Å²) in [6, 6.07) is 21.9. The fraction of sp³-hybridized carbons (Fsp3) is 0.0870. The molecule has 1 aromatic heterocycles. The topological polar surface area (TPSA) is 44.0 Å². The summed E-state index contributed by atoms with van der Waals surface area (Å²) in [6.07, 6.45) is 2.12. The van der Waals surface area contributed by atoms with Crippen LogP contribution in [0.25, 0.3) is 28.1 Å². The van der Waals surface area contributed by atoms with Gasteiger partial charge in [0, 0.05) is 34.4 Å². The van der Waals surface area contributed by atoms with Crippen LogP contribution in [-0.4, -0.2) is 21.9 Å². The van der Waals surface area contributed by atoms with Crippen LogP contribution in [0.15, 0.2) is 72.9 Å². The van der Waals surface area contributed by atoms with Crippen LogP contribution < -0.4 is 5.32 Å². The number of nitrogens with one attached hydrogen (secondary N) is 2. The highest BCUT2D eigenvalue weighted by atomic mass is 35.5. The molecule has 0 bridgehead atoms. The number of hydrogen-bond acceptors (Lipinski definition) is 3. The first kappa shape index (κ1) is 18.1. The lowest BCUT2D eigenvalue weighted by molar-refractivity contribution is 0.341. The molecule has 6 heteroatoms. The Morgan fingerprint density at radius 3 is 2.48 bits per heavy atom. The average Bonchev–Trinajstić information content (AvgIpc) is 3.32. The molecule has 0 saturated heterocycles. The highest BCUT2D eigenvalue weighted by Crippen LogP contribution is 2.33. The first-order valence-electron chi connectivity index (χ1n) is 9.29. The Morgan fingerprint density at radius 2 is 1.69 bits per heavy atom. The molecule has 3 aromatic carbocycles. The van der Waals surface area contributed by atoms with Crippen molar-refractivity contribution in [3.63, 3.8) is 0 Å². The van der Waals surface area contributed by atoms with Gasteiger partial charge in [-0.15, -0.1) is 0 Å². The van der Waals surface area contributed by atoms with Gasteiger partial charge >= 0.3 is 0 Å². The van der Waals surface area contributed by atoms with Gasteiger partial charge in [0.05, 0.1) is 16.7 Å². The molecule has 29 heavy (non-hydrogen) atoms. The molecule has 0 saturated carbocycles. The van der Waals surface area contributed by atoms with Gasteiger partial charge in [0.25, 0.3) is 0 Å². The van der Waals surface area contributed by atoms with Crippen molar-refractivity contribution in [1.82, 2.24) is 20.2 Å². The average molecular weight is 421 g/mol. The molecule has 1 unspecified atom stereocenters. The Labute approximate surface area is 178 Å². The first-order valence-corrected chi connectivity index (χ1v) is 10.0. The molecule has 1 aliphatic rings. The van der Waals surface area contributed by atoms with Gasteiger partial charge in [-0.3, -0.25) is 0 Å². The Hall–Kier alpha value is -2.95.